The van der Waals surface area contributed by atoms with Crippen LogP contribution in [0.5, 0.6) is 5.75 Å². The van der Waals surface area contributed by atoms with Crippen LogP contribution in [0.2, 0.25) is 0 Å². The molecule has 2 rings (SSSR count). The molecule has 4 nitrogen and oxygen atoms in total. The average molecular weight is 231 g/mol. The SMILES string of the molecule is COC(=O)c1ccc(N)c2ccc(OC)cc12. The van der Waals surface area contributed by atoms with E-state index in [1.807, 2.05) is 6.07 Å². The lowest BCUT2D eigenvalue weighted by atomic mass is 10.0. The standard InChI is InChI=1S/C13H13NO3/c1-16-8-3-4-9-11(7-8)10(13(15)17-2)5-6-12(9)14/h3-7H,14H2,1-2H3. The molecule has 88 valence electrons. The fourth-order valence-corrected chi connectivity index (χ4v) is 1.77. The number of rotatable bonds is 2. The summed E-state index contributed by atoms with van der Waals surface area (Å²) < 4.78 is 9.87. The molecule has 4 heteroatoms. The monoisotopic (exact) mass is 231 g/mol. The van der Waals surface area contributed by atoms with Crippen molar-refractivity contribution in [3.8, 4) is 5.75 Å². The topological polar surface area (TPSA) is 61.5 Å². The molecule has 0 spiro atoms. The van der Waals surface area contributed by atoms with Crippen LogP contribution < -0.4 is 10.5 Å². The van der Waals surface area contributed by atoms with E-state index in [2.05, 4.69) is 0 Å². The number of carbonyl (C=O) groups excluding carboxylic acids is 1. The summed E-state index contributed by atoms with van der Waals surface area (Å²) >= 11 is 0. The van der Waals surface area contributed by atoms with Crippen LogP contribution in [0.4, 0.5) is 5.69 Å². The van der Waals surface area contributed by atoms with E-state index in [1.54, 1.807) is 31.4 Å². The van der Waals surface area contributed by atoms with Crippen molar-refractivity contribution in [1.29, 1.82) is 0 Å². The molecule has 0 saturated heterocycles. The third kappa shape index (κ3) is 1.89. The minimum atomic E-state index is -0.386. The van der Waals surface area contributed by atoms with E-state index in [-0.39, 0.29) is 5.97 Å². The van der Waals surface area contributed by atoms with Gasteiger partial charge >= 0.3 is 5.97 Å². The fourth-order valence-electron chi connectivity index (χ4n) is 1.77. The zero-order valence-electron chi connectivity index (χ0n) is 9.69. The van der Waals surface area contributed by atoms with Crippen molar-refractivity contribution in [1.82, 2.24) is 0 Å². The Morgan fingerprint density at radius 2 is 1.88 bits per heavy atom. The summed E-state index contributed by atoms with van der Waals surface area (Å²) in [6, 6.07) is 8.76. The number of anilines is 1. The Kier molecular flexibility index (Phi) is 2.87. The maximum atomic E-state index is 11.6. The molecule has 0 aromatic heterocycles. The Bertz CT molecular complexity index is 578. The van der Waals surface area contributed by atoms with Crippen molar-refractivity contribution in [3.63, 3.8) is 0 Å². The Morgan fingerprint density at radius 3 is 2.53 bits per heavy atom. The van der Waals surface area contributed by atoms with E-state index < -0.39 is 0 Å². The molecule has 2 N–H and O–H groups in total. The van der Waals surface area contributed by atoms with E-state index in [1.165, 1.54) is 7.11 Å². The normalized spacial score (nSPS) is 10.2. The van der Waals surface area contributed by atoms with Gasteiger partial charge in [0.2, 0.25) is 0 Å². The molecular weight excluding hydrogens is 218 g/mol. The van der Waals surface area contributed by atoms with Gasteiger partial charge in [-0.25, -0.2) is 4.79 Å². The van der Waals surface area contributed by atoms with E-state index in [0.29, 0.717) is 17.0 Å². The van der Waals surface area contributed by atoms with Crippen LogP contribution in [0, 0.1) is 0 Å². The summed E-state index contributed by atoms with van der Waals surface area (Å²) in [5.74, 6) is 0.288. The lowest BCUT2D eigenvalue weighted by Gasteiger charge is -2.09. The molecule has 0 heterocycles. The van der Waals surface area contributed by atoms with Crippen LogP contribution in [0.15, 0.2) is 30.3 Å². The zero-order valence-corrected chi connectivity index (χ0v) is 9.69. The van der Waals surface area contributed by atoms with Crippen LogP contribution in [0.25, 0.3) is 10.8 Å². The molecule has 0 unspecified atom stereocenters. The highest BCUT2D eigenvalue weighted by molar-refractivity contribution is 6.08. The van der Waals surface area contributed by atoms with Gasteiger partial charge in [-0.05, 0) is 30.3 Å². The number of carbonyl (C=O) groups is 1. The predicted octanol–water partition coefficient (Wildman–Crippen LogP) is 2.22. The number of nitrogen functional groups attached to an aromatic ring is 1. The number of nitrogens with two attached hydrogens (primary N) is 1. The summed E-state index contributed by atoms with van der Waals surface area (Å²) in [5.41, 5.74) is 6.97. The number of ether oxygens (including phenoxy) is 2. The van der Waals surface area contributed by atoms with Crippen LogP contribution in [-0.2, 0) is 4.74 Å². The van der Waals surface area contributed by atoms with Crippen molar-refractivity contribution >= 4 is 22.4 Å². The highest BCUT2D eigenvalue weighted by atomic mass is 16.5. The lowest BCUT2D eigenvalue weighted by molar-refractivity contribution is 0.0603. The van der Waals surface area contributed by atoms with Gasteiger partial charge in [0.15, 0.2) is 0 Å². The molecule has 2 aromatic rings. The van der Waals surface area contributed by atoms with E-state index >= 15 is 0 Å². The average Bonchev–Trinajstić information content (AvgIpc) is 2.38. The van der Waals surface area contributed by atoms with Gasteiger partial charge < -0.3 is 15.2 Å². The van der Waals surface area contributed by atoms with Crippen LogP contribution in [0.3, 0.4) is 0 Å². The maximum absolute atomic E-state index is 11.6. The molecule has 0 aliphatic heterocycles. The molecule has 0 fully saturated rings. The second kappa shape index (κ2) is 4.33. The molecular formula is C13H13NO3. The number of esters is 1. The summed E-state index contributed by atoms with van der Waals surface area (Å²) in [6.07, 6.45) is 0. The minimum absolute atomic E-state index is 0.386. The van der Waals surface area contributed by atoms with Crippen molar-refractivity contribution < 1.29 is 14.3 Å². The molecule has 0 bridgehead atoms. The quantitative estimate of drug-likeness (QED) is 0.636. The highest BCUT2D eigenvalue weighted by Crippen LogP contribution is 2.28. The van der Waals surface area contributed by atoms with Gasteiger partial charge in [-0.15, -0.1) is 0 Å². The van der Waals surface area contributed by atoms with E-state index in [4.69, 9.17) is 15.2 Å². The van der Waals surface area contributed by atoms with Gasteiger partial charge in [0, 0.05) is 16.5 Å². The van der Waals surface area contributed by atoms with Crippen molar-refractivity contribution in [3.05, 3.63) is 35.9 Å². The summed E-state index contributed by atoms with van der Waals surface area (Å²) in [4.78, 5) is 11.6. The van der Waals surface area contributed by atoms with Gasteiger partial charge in [-0.1, -0.05) is 0 Å². The van der Waals surface area contributed by atoms with Gasteiger partial charge in [0.05, 0.1) is 19.8 Å². The van der Waals surface area contributed by atoms with Gasteiger partial charge in [0.25, 0.3) is 0 Å². The summed E-state index contributed by atoms with van der Waals surface area (Å²) in [5, 5.41) is 1.55. The third-order valence-corrected chi connectivity index (χ3v) is 2.66. The van der Waals surface area contributed by atoms with Crippen LogP contribution in [0.1, 0.15) is 10.4 Å². The Balaban J connectivity index is 2.76. The van der Waals surface area contributed by atoms with E-state index in [9.17, 15) is 4.79 Å². The molecule has 0 radical (unpaired) electrons. The molecule has 0 atom stereocenters. The predicted molar refractivity (Wildman–Crippen MR) is 66.3 cm³/mol. The number of hydrogen-bond donors (Lipinski definition) is 1. The Morgan fingerprint density at radius 1 is 1.12 bits per heavy atom. The first-order valence-electron chi connectivity index (χ1n) is 5.12. The number of hydrogen-bond acceptors (Lipinski definition) is 4. The number of benzene rings is 2. The first kappa shape index (κ1) is 11.3. The second-order valence-corrected chi connectivity index (χ2v) is 3.61. The summed E-state index contributed by atoms with van der Waals surface area (Å²) in [7, 11) is 2.93. The first-order chi connectivity index (χ1) is 8.17. The maximum Gasteiger partial charge on any atom is 0.338 e. The minimum Gasteiger partial charge on any atom is -0.497 e. The third-order valence-electron chi connectivity index (χ3n) is 2.66. The number of methoxy groups -OCH3 is 2. The van der Waals surface area contributed by atoms with Crippen LogP contribution in [-0.4, -0.2) is 20.2 Å². The van der Waals surface area contributed by atoms with Crippen molar-refractivity contribution in [2.24, 2.45) is 0 Å². The van der Waals surface area contributed by atoms with Gasteiger partial charge in [0.1, 0.15) is 5.75 Å². The fraction of sp³-hybridized carbons (Fsp3) is 0.154. The van der Waals surface area contributed by atoms with Crippen LogP contribution >= 0.6 is 0 Å². The molecule has 2 aromatic carbocycles. The first-order valence-corrected chi connectivity index (χ1v) is 5.12. The molecule has 0 aliphatic carbocycles. The smallest absolute Gasteiger partial charge is 0.338 e. The van der Waals surface area contributed by atoms with Crippen molar-refractivity contribution in [2.45, 2.75) is 0 Å². The molecule has 0 saturated carbocycles. The van der Waals surface area contributed by atoms with Crippen molar-refractivity contribution in [2.75, 3.05) is 20.0 Å². The highest BCUT2D eigenvalue weighted by Gasteiger charge is 2.12. The van der Waals surface area contributed by atoms with Gasteiger partial charge in [-0.3, -0.25) is 0 Å². The van der Waals surface area contributed by atoms with Gasteiger partial charge in [-0.2, -0.15) is 0 Å². The molecule has 0 amide bonds. The number of fused-ring (bicyclic) bond motifs is 1. The Hall–Kier alpha value is -2.23. The largest absolute Gasteiger partial charge is 0.497 e. The Labute approximate surface area is 98.9 Å². The molecule has 17 heavy (non-hydrogen) atoms. The summed E-state index contributed by atoms with van der Waals surface area (Å²) in [6.45, 7) is 0. The second-order valence-electron chi connectivity index (χ2n) is 3.61. The zero-order chi connectivity index (χ0) is 12.4. The molecule has 0 aliphatic rings. The lowest BCUT2D eigenvalue weighted by Crippen LogP contribution is -2.03. The van der Waals surface area contributed by atoms with E-state index in [0.717, 1.165) is 10.8 Å².